The van der Waals surface area contributed by atoms with Crippen molar-refractivity contribution < 1.29 is 4.39 Å². The van der Waals surface area contributed by atoms with Crippen molar-refractivity contribution in [1.82, 2.24) is 25.1 Å². The molecule has 0 bridgehead atoms. The van der Waals surface area contributed by atoms with E-state index in [1.54, 1.807) is 12.5 Å². The monoisotopic (exact) mass is 277 g/mol. The molecule has 0 amide bonds. The van der Waals surface area contributed by atoms with Crippen LogP contribution in [-0.4, -0.2) is 26.3 Å². The van der Waals surface area contributed by atoms with Gasteiger partial charge >= 0.3 is 0 Å². The van der Waals surface area contributed by atoms with Gasteiger partial charge in [-0.25, -0.2) is 9.37 Å². The highest BCUT2D eigenvalue weighted by Gasteiger charge is 2.16. The van der Waals surface area contributed by atoms with Crippen molar-refractivity contribution in [2.45, 2.75) is 39.3 Å². The summed E-state index contributed by atoms with van der Waals surface area (Å²) in [6.07, 6.45) is 6.15. The summed E-state index contributed by atoms with van der Waals surface area (Å²) in [4.78, 5) is 8.21. The van der Waals surface area contributed by atoms with E-state index >= 15 is 0 Å². The van der Waals surface area contributed by atoms with Gasteiger partial charge in [-0.2, -0.15) is 5.10 Å². The van der Waals surface area contributed by atoms with Gasteiger partial charge in [-0.05, 0) is 31.5 Å². The molecule has 0 aliphatic carbocycles. The molecule has 1 atom stereocenters. The first kappa shape index (κ1) is 14.6. The van der Waals surface area contributed by atoms with Crippen molar-refractivity contribution in [3.8, 4) is 0 Å². The van der Waals surface area contributed by atoms with Gasteiger partial charge < -0.3 is 5.32 Å². The summed E-state index contributed by atoms with van der Waals surface area (Å²) < 4.78 is 15.2. The molecule has 2 rings (SSSR count). The molecule has 1 unspecified atom stereocenters. The molecule has 0 radical (unpaired) electrons. The second-order valence-corrected chi connectivity index (χ2v) is 4.64. The Kier molecular flexibility index (Phi) is 5.17. The van der Waals surface area contributed by atoms with Crippen LogP contribution >= 0.6 is 0 Å². The first-order chi connectivity index (χ1) is 9.74. The molecule has 0 saturated heterocycles. The third-order valence-electron chi connectivity index (χ3n) is 3.15. The van der Waals surface area contributed by atoms with Gasteiger partial charge in [0.2, 0.25) is 0 Å². The third kappa shape index (κ3) is 3.60. The van der Waals surface area contributed by atoms with E-state index in [-0.39, 0.29) is 11.9 Å². The number of nitrogens with zero attached hydrogens (tertiary/aromatic N) is 4. The van der Waals surface area contributed by atoms with Crippen LogP contribution in [-0.2, 0) is 13.0 Å². The SMILES string of the molecule is CCCNC(Cc1ncnn1CC)c1cncc(F)c1. The standard InChI is InChI=1S/C14H20FN5/c1-3-5-17-13(11-6-12(15)9-16-8-11)7-14-18-10-19-20(14)4-2/h6,8-10,13,17H,3-5,7H2,1-2H3. The Labute approximate surface area is 118 Å². The lowest BCUT2D eigenvalue weighted by Gasteiger charge is -2.18. The number of hydrogen-bond donors (Lipinski definition) is 1. The van der Waals surface area contributed by atoms with E-state index in [1.165, 1.54) is 12.3 Å². The number of nitrogens with one attached hydrogen (secondary N) is 1. The van der Waals surface area contributed by atoms with Crippen LogP contribution in [0.3, 0.4) is 0 Å². The van der Waals surface area contributed by atoms with Crippen LogP contribution in [0.2, 0.25) is 0 Å². The summed E-state index contributed by atoms with van der Waals surface area (Å²) in [5.41, 5.74) is 0.837. The van der Waals surface area contributed by atoms with Crippen LogP contribution in [0.4, 0.5) is 4.39 Å². The first-order valence-corrected chi connectivity index (χ1v) is 6.95. The van der Waals surface area contributed by atoms with Crippen molar-refractivity contribution in [2.75, 3.05) is 6.54 Å². The van der Waals surface area contributed by atoms with E-state index < -0.39 is 0 Å². The average Bonchev–Trinajstić information content (AvgIpc) is 2.90. The molecule has 1 N–H and O–H groups in total. The van der Waals surface area contributed by atoms with E-state index in [0.29, 0.717) is 6.42 Å². The molecule has 2 aromatic heterocycles. The van der Waals surface area contributed by atoms with Gasteiger partial charge in [-0.1, -0.05) is 6.92 Å². The highest BCUT2D eigenvalue weighted by molar-refractivity contribution is 5.16. The second kappa shape index (κ2) is 7.09. The largest absolute Gasteiger partial charge is 0.310 e. The van der Waals surface area contributed by atoms with E-state index in [2.05, 4.69) is 27.3 Å². The molecule has 0 aliphatic rings. The van der Waals surface area contributed by atoms with Crippen molar-refractivity contribution in [3.63, 3.8) is 0 Å². The van der Waals surface area contributed by atoms with Gasteiger partial charge in [0.25, 0.3) is 0 Å². The number of halogens is 1. The zero-order chi connectivity index (χ0) is 14.4. The van der Waals surface area contributed by atoms with Gasteiger partial charge in [0.05, 0.1) is 6.20 Å². The van der Waals surface area contributed by atoms with E-state index in [1.807, 2.05) is 11.6 Å². The van der Waals surface area contributed by atoms with Crippen molar-refractivity contribution in [2.24, 2.45) is 0 Å². The minimum absolute atomic E-state index is 0.00681. The number of rotatable bonds is 7. The fourth-order valence-electron chi connectivity index (χ4n) is 2.14. The smallest absolute Gasteiger partial charge is 0.141 e. The molecule has 2 aromatic rings. The predicted molar refractivity (Wildman–Crippen MR) is 74.6 cm³/mol. The summed E-state index contributed by atoms with van der Waals surface area (Å²) in [7, 11) is 0. The van der Waals surface area contributed by atoms with Crippen molar-refractivity contribution in [1.29, 1.82) is 0 Å². The summed E-state index contributed by atoms with van der Waals surface area (Å²) in [6.45, 7) is 5.76. The fraction of sp³-hybridized carbons (Fsp3) is 0.500. The van der Waals surface area contributed by atoms with E-state index in [9.17, 15) is 4.39 Å². The van der Waals surface area contributed by atoms with Crippen LogP contribution in [0.5, 0.6) is 0 Å². The van der Waals surface area contributed by atoms with Gasteiger partial charge in [-0.3, -0.25) is 9.67 Å². The number of hydrogen-bond acceptors (Lipinski definition) is 4. The predicted octanol–water partition coefficient (Wildman–Crippen LogP) is 2.12. The summed E-state index contributed by atoms with van der Waals surface area (Å²) in [6, 6.07) is 1.51. The summed E-state index contributed by atoms with van der Waals surface area (Å²) in [5.74, 6) is 0.577. The molecule has 0 spiro atoms. The fourth-order valence-corrected chi connectivity index (χ4v) is 2.14. The maximum absolute atomic E-state index is 13.4. The van der Waals surface area contributed by atoms with Crippen molar-refractivity contribution in [3.05, 3.63) is 42.0 Å². The van der Waals surface area contributed by atoms with Crippen LogP contribution in [0, 0.1) is 5.82 Å². The topological polar surface area (TPSA) is 55.6 Å². The van der Waals surface area contributed by atoms with Gasteiger partial charge in [0, 0.05) is 25.2 Å². The Balaban J connectivity index is 2.19. The molecular weight excluding hydrogens is 257 g/mol. The van der Waals surface area contributed by atoms with E-state index in [0.717, 1.165) is 30.9 Å². The zero-order valence-corrected chi connectivity index (χ0v) is 11.9. The summed E-state index contributed by atoms with van der Waals surface area (Å²) in [5, 5.41) is 7.58. The highest BCUT2D eigenvalue weighted by Crippen LogP contribution is 2.17. The number of aryl methyl sites for hydroxylation is 1. The van der Waals surface area contributed by atoms with Crippen LogP contribution in [0.25, 0.3) is 0 Å². The molecule has 5 nitrogen and oxygen atoms in total. The summed E-state index contributed by atoms with van der Waals surface area (Å²) >= 11 is 0. The lowest BCUT2D eigenvalue weighted by atomic mass is 10.1. The minimum Gasteiger partial charge on any atom is -0.310 e. The van der Waals surface area contributed by atoms with E-state index in [4.69, 9.17) is 0 Å². The van der Waals surface area contributed by atoms with Gasteiger partial charge in [0.15, 0.2) is 0 Å². The number of pyridine rings is 1. The lowest BCUT2D eigenvalue weighted by molar-refractivity contribution is 0.492. The molecule has 108 valence electrons. The average molecular weight is 277 g/mol. The Morgan fingerprint density at radius 2 is 2.20 bits per heavy atom. The first-order valence-electron chi connectivity index (χ1n) is 6.95. The second-order valence-electron chi connectivity index (χ2n) is 4.64. The molecule has 0 saturated carbocycles. The maximum Gasteiger partial charge on any atom is 0.141 e. The van der Waals surface area contributed by atoms with Crippen LogP contribution in [0.15, 0.2) is 24.8 Å². The third-order valence-corrected chi connectivity index (χ3v) is 3.15. The minimum atomic E-state index is -0.317. The van der Waals surface area contributed by atoms with Gasteiger partial charge in [0.1, 0.15) is 18.0 Å². The van der Waals surface area contributed by atoms with Crippen molar-refractivity contribution >= 4 is 0 Å². The molecule has 6 heteroatoms. The Hall–Kier alpha value is -1.82. The molecule has 2 heterocycles. The Morgan fingerprint density at radius 3 is 2.90 bits per heavy atom. The highest BCUT2D eigenvalue weighted by atomic mass is 19.1. The molecule has 20 heavy (non-hydrogen) atoms. The number of aromatic nitrogens is 4. The molecular formula is C14H20FN5. The lowest BCUT2D eigenvalue weighted by Crippen LogP contribution is -2.25. The normalized spacial score (nSPS) is 12.6. The maximum atomic E-state index is 13.4. The molecule has 0 aliphatic heterocycles. The quantitative estimate of drug-likeness (QED) is 0.842. The zero-order valence-electron chi connectivity index (χ0n) is 11.9. The van der Waals surface area contributed by atoms with Gasteiger partial charge in [-0.15, -0.1) is 0 Å². The molecule has 0 aromatic carbocycles. The Morgan fingerprint density at radius 1 is 1.35 bits per heavy atom. The van der Waals surface area contributed by atoms with Crippen LogP contribution in [0.1, 0.15) is 37.7 Å². The Bertz CT molecular complexity index is 540. The van der Waals surface area contributed by atoms with Crippen LogP contribution < -0.4 is 5.32 Å². The molecule has 0 fully saturated rings.